The molecular formula is C24H19FN2O4. The molecule has 1 aliphatic rings. The van der Waals surface area contributed by atoms with E-state index in [1.165, 1.54) is 12.1 Å². The highest BCUT2D eigenvalue weighted by Gasteiger charge is 2.30. The number of hydrogen-bond donors (Lipinski definition) is 1. The first-order chi connectivity index (χ1) is 15.0. The van der Waals surface area contributed by atoms with E-state index in [0.717, 1.165) is 10.5 Å². The highest BCUT2D eigenvalue weighted by Crippen LogP contribution is 2.23. The van der Waals surface area contributed by atoms with E-state index in [4.69, 9.17) is 4.74 Å². The fourth-order valence-electron chi connectivity index (χ4n) is 3.22. The van der Waals surface area contributed by atoms with Crippen molar-refractivity contribution >= 4 is 23.4 Å². The van der Waals surface area contributed by atoms with Gasteiger partial charge >= 0.3 is 0 Å². The topological polar surface area (TPSA) is 75.7 Å². The zero-order valence-electron chi connectivity index (χ0n) is 16.5. The fourth-order valence-corrected chi connectivity index (χ4v) is 3.22. The van der Waals surface area contributed by atoms with E-state index in [0.29, 0.717) is 29.3 Å². The first-order valence-electron chi connectivity index (χ1n) is 9.76. The number of rotatable bonds is 6. The molecule has 0 unspecified atom stereocenters. The standard InChI is InChI=1S/C24H19FN2O4/c25-18-5-11-21(12-6-18)31-20-9-1-16(2-10-20)15-26-24(30)17-3-7-19(8-4-17)27-22(28)13-14-23(27)29/h1-12H,13-15H2,(H,26,30). The summed E-state index contributed by atoms with van der Waals surface area (Å²) >= 11 is 0. The predicted molar refractivity (Wildman–Crippen MR) is 112 cm³/mol. The summed E-state index contributed by atoms with van der Waals surface area (Å²) in [5.74, 6) is 0.0815. The van der Waals surface area contributed by atoms with Crippen molar-refractivity contribution in [2.75, 3.05) is 4.90 Å². The summed E-state index contributed by atoms with van der Waals surface area (Å²) in [6, 6.07) is 19.3. The summed E-state index contributed by atoms with van der Waals surface area (Å²) in [7, 11) is 0. The van der Waals surface area contributed by atoms with Crippen LogP contribution in [-0.2, 0) is 16.1 Å². The smallest absolute Gasteiger partial charge is 0.251 e. The number of hydrogen-bond acceptors (Lipinski definition) is 4. The lowest BCUT2D eigenvalue weighted by Gasteiger charge is -2.14. The first kappa shape index (κ1) is 20.3. The molecule has 1 heterocycles. The zero-order valence-corrected chi connectivity index (χ0v) is 16.5. The van der Waals surface area contributed by atoms with Crippen LogP contribution in [0, 0.1) is 5.82 Å². The number of nitrogens with one attached hydrogen (secondary N) is 1. The Morgan fingerprint density at radius 2 is 1.39 bits per heavy atom. The Balaban J connectivity index is 1.32. The van der Waals surface area contributed by atoms with Crippen molar-refractivity contribution in [1.82, 2.24) is 5.32 Å². The highest BCUT2D eigenvalue weighted by atomic mass is 19.1. The van der Waals surface area contributed by atoms with Gasteiger partial charge in [0.05, 0.1) is 5.69 Å². The van der Waals surface area contributed by atoms with Crippen LogP contribution in [0.25, 0.3) is 0 Å². The van der Waals surface area contributed by atoms with Gasteiger partial charge in [-0.1, -0.05) is 12.1 Å². The Kier molecular flexibility index (Phi) is 5.75. The molecule has 1 saturated heterocycles. The van der Waals surface area contributed by atoms with Crippen molar-refractivity contribution in [1.29, 1.82) is 0 Å². The van der Waals surface area contributed by atoms with Crippen molar-refractivity contribution in [3.8, 4) is 11.5 Å². The maximum absolute atomic E-state index is 13.0. The van der Waals surface area contributed by atoms with E-state index in [9.17, 15) is 18.8 Å². The van der Waals surface area contributed by atoms with Crippen molar-refractivity contribution < 1.29 is 23.5 Å². The minimum atomic E-state index is -0.328. The van der Waals surface area contributed by atoms with Crippen LogP contribution < -0.4 is 15.0 Å². The molecule has 3 amide bonds. The molecule has 0 aliphatic carbocycles. The number of benzene rings is 3. The number of anilines is 1. The summed E-state index contributed by atoms with van der Waals surface area (Å²) in [6.45, 7) is 0.320. The quantitative estimate of drug-likeness (QED) is 0.609. The molecule has 1 N–H and O–H groups in total. The molecule has 1 aliphatic heterocycles. The summed E-state index contributed by atoms with van der Waals surface area (Å²) in [6.07, 6.45) is 0.434. The molecule has 6 nitrogen and oxygen atoms in total. The zero-order chi connectivity index (χ0) is 21.8. The molecule has 0 atom stereocenters. The van der Waals surface area contributed by atoms with Gasteiger partial charge in [-0.25, -0.2) is 4.39 Å². The van der Waals surface area contributed by atoms with E-state index in [1.807, 2.05) is 12.1 Å². The number of ether oxygens (including phenoxy) is 1. The van der Waals surface area contributed by atoms with Gasteiger partial charge in [0.25, 0.3) is 5.91 Å². The Bertz CT molecular complexity index is 1090. The third-order valence-corrected chi connectivity index (χ3v) is 4.86. The average molecular weight is 418 g/mol. The Morgan fingerprint density at radius 1 is 0.839 bits per heavy atom. The SMILES string of the molecule is O=C(NCc1ccc(Oc2ccc(F)cc2)cc1)c1ccc(N2C(=O)CCC2=O)cc1. The maximum Gasteiger partial charge on any atom is 0.251 e. The van der Waals surface area contributed by atoms with Crippen LogP contribution in [0.5, 0.6) is 11.5 Å². The van der Waals surface area contributed by atoms with Crippen molar-refractivity contribution in [2.45, 2.75) is 19.4 Å². The van der Waals surface area contributed by atoms with Gasteiger partial charge in [-0.15, -0.1) is 0 Å². The number of nitrogens with zero attached hydrogens (tertiary/aromatic N) is 1. The summed E-state index contributed by atoms with van der Waals surface area (Å²) in [5.41, 5.74) is 1.78. The van der Waals surface area contributed by atoms with Crippen molar-refractivity contribution in [3.63, 3.8) is 0 Å². The first-order valence-corrected chi connectivity index (χ1v) is 9.76. The molecule has 0 bridgehead atoms. The Morgan fingerprint density at radius 3 is 1.97 bits per heavy atom. The number of imide groups is 1. The van der Waals surface area contributed by atoms with Crippen LogP contribution in [0.3, 0.4) is 0 Å². The van der Waals surface area contributed by atoms with Gasteiger partial charge in [0.15, 0.2) is 0 Å². The van der Waals surface area contributed by atoms with Crippen LogP contribution in [-0.4, -0.2) is 17.7 Å². The molecule has 0 aromatic heterocycles. The molecule has 0 saturated carbocycles. The Labute approximate surface area is 178 Å². The average Bonchev–Trinajstić information content (AvgIpc) is 3.12. The molecule has 156 valence electrons. The minimum absolute atomic E-state index is 0.217. The predicted octanol–water partition coefficient (Wildman–Crippen LogP) is 4.20. The summed E-state index contributed by atoms with van der Waals surface area (Å²) in [5, 5.41) is 2.83. The number of amides is 3. The van der Waals surface area contributed by atoms with Gasteiger partial charge in [0.1, 0.15) is 17.3 Å². The van der Waals surface area contributed by atoms with Crippen molar-refractivity contribution in [3.05, 3.63) is 89.7 Å². The lowest BCUT2D eigenvalue weighted by molar-refractivity contribution is -0.121. The molecule has 7 heteroatoms. The highest BCUT2D eigenvalue weighted by molar-refractivity contribution is 6.19. The van der Waals surface area contributed by atoms with Crippen LogP contribution in [0.15, 0.2) is 72.8 Å². The monoisotopic (exact) mass is 418 g/mol. The lowest BCUT2D eigenvalue weighted by atomic mass is 10.1. The van der Waals surface area contributed by atoms with E-state index in [1.54, 1.807) is 48.5 Å². The maximum atomic E-state index is 13.0. The molecule has 3 aromatic rings. The van der Waals surface area contributed by atoms with Gasteiger partial charge in [-0.2, -0.15) is 0 Å². The van der Waals surface area contributed by atoms with Gasteiger partial charge in [0.2, 0.25) is 11.8 Å². The van der Waals surface area contributed by atoms with E-state index < -0.39 is 0 Å². The van der Waals surface area contributed by atoms with Gasteiger partial charge in [0, 0.05) is 24.9 Å². The van der Waals surface area contributed by atoms with Crippen LogP contribution in [0.4, 0.5) is 10.1 Å². The van der Waals surface area contributed by atoms with E-state index in [2.05, 4.69) is 5.32 Å². The largest absolute Gasteiger partial charge is 0.457 e. The second-order valence-corrected chi connectivity index (χ2v) is 7.05. The second-order valence-electron chi connectivity index (χ2n) is 7.05. The lowest BCUT2D eigenvalue weighted by Crippen LogP contribution is -2.28. The molecular weight excluding hydrogens is 399 g/mol. The fraction of sp³-hybridized carbons (Fsp3) is 0.125. The van der Waals surface area contributed by atoms with Crippen LogP contribution in [0.2, 0.25) is 0 Å². The molecule has 3 aromatic carbocycles. The number of carbonyl (C=O) groups excluding carboxylic acids is 3. The summed E-state index contributed by atoms with van der Waals surface area (Å²) < 4.78 is 18.6. The third-order valence-electron chi connectivity index (χ3n) is 4.86. The number of halogens is 1. The summed E-state index contributed by atoms with van der Waals surface area (Å²) in [4.78, 5) is 37.2. The van der Waals surface area contributed by atoms with E-state index in [-0.39, 0.29) is 36.4 Å². The third kappa shape index (κ3) is 4.78. The molecule has 4 rings (SSSR count). The van der Waals surface area contributed by atoms with Crippen LogP contribution >= 0.6 is 0 Å². The molecule has 1 fully saturated rings. The normalized spacial score (nSPS) is 13.4. The van der Waals surface area contributed by atoms with Gasteiger partial charge < -0.3 is 10.1 Å². The number of carbonyl (C=O) groups is 3. The Hall–Kier alpha value is -4.00. The van der Waals surface area contributed by atoms with E-state index >= 15 is 0 Å². The van der Waals surface area contributed by atoms with Crippen molar-refractivity contribution in [2.24, 2.45) is 0 Å². The van der Waals surface area contributed by atoms with Gasteiger partial charge in [-0.05, 0) is 66.2 Å². The molecule has 0 spiro atoms. The molecule has 0 radical (unpaired) electrons. The molecule has 31 heavy (non-hydrogen) atoms. The second kappa shape index (κ2) is 8.79. The minimum Gasteiger partial charge on any atom is -0.457 e. The van der Waals surface area contributed by atoms with Gasteiger partial charge in [-0.3, -0.25) is 19.3 Å². The van der Waals surface area contributed by atoms with Crippen LogP contribution in [0.1, 0.15) is 28.8 Å².